The van der Waals surface area contributed by atoms with Crippen molar-refractivity contribution in [2.24, 2.45) is 0 Å². The van der Waals surface area contributed by atoms with Gasteiger partial charge >= 0.3 is 0 Å². The topological polar surface area (TPSA) is 101 Å². The minimum Gasteiger partial charge on any atom is -0.382 e. The van der Waals surface area contributed by atoms with Gasteiger partial charge in [0, 0.05) is 12.5 Å². The van der Waals surface area contributed by atoms with Crippen LogP contribution in [0.25, 0.3) is 11.4 Å². The van der Waals surface area contributed by atoms with Gasteiger partial charge in [-0.2, -0.15) is 0 Å². The van der Waals surface area contributed by atoms with Crippen molar-refractivity contribution in [3.63, 3.8) is 0 Å². The third-order valence-electron chi connectivity index (χ3n) is 2.30. The van der Waals surface area contributed by atoms with Gasteiger partial charge in [0.2, 0.25) is 5.91 Å². The lowest BCUT2D eigenvalue weighted by molar-refractivity contribution is -0.114. The van der Waals surface area contributed by atoms with Crippen LogP contribution in [-0.2, 0) is 4.79 Å². The highest BCUT2D eigenvalue weighted by molar-refractivity contribution is 5.91. The van der Waals surface area contributed by atoms with Crippen molar-refractivity contribution < 1.29 is 4.79 Å². The van der Waals surface area contributed by atoms with Crippen LogP contribution in [0.3, 0.4) is 0 Å². The molecular weight excluding hydrogens is 232 g/mol. The summed E-state index contributed by atoms with van der Waals surface area (Å²) in [6.45, 7) is 1.30. The molecule has 6 nitrogen and oxygen atoms in total. The highest BCUT2D eigenvalue weighted by Gasteiger charge is 2.10. The number of aromatic amines is 1. The van der Waals surface area contributed by atoms with E-state index in [9.17, 15) is 9.59 Å². The van der Waals surface area contributed by atoms with Crippen LogP contribution in [0.1, 0.15) is 6.92 Å². The second-order valence-electron chi connectivity index (χ2n) is 3.72. The van der Waals surface area contributed by atoms with Gasteiger partial charge in [-0.05, 0) is 0 Å². The number of nitrogens with one attached hydrogen (secondary N) is 2. The lowest BCUT2D eigenvalue weighted by Gasteiger charge is -2.06. The summed E-state index contributed by atoms with van der Waals surface area (Å²) in [7, 11) is 0. The summed E-state index contributed by atoms with van der Waals surface area (Å²) in [4.78, 5) is 29.3. The zero-order valence-corrected chi connectivity index (χ0v) is 9.73. The molecule has 18 heavy (non-hydrogen) atoms. The molecule has 1 heterocycles. The summed E-state index contributed by atoms with van der Waals surface area (Å²) in [5, 5.41) is 2.35. The van der Waals surface area contributed by atoms with E-state index in [0.29, 0.717) is 5.82 Å². The van der Waals surface area contributed by atoms with E-state index in [-0.39, 0.29) is 17.4 Å². The van der Waals surface area contributed by atoms with Gasteiger partial charge in [-0.25, -0.2) is 4.98 Å². The molecule has 4 N–H and O–H groups in total. The number of anilines is 2. The van der Waals surface area contributed by atoms with Gasteiger partial charge in [-0.15, -0.1) is 0 Å². The lowest BCUT2D eigenvalue weighted by Crippen LogP contribution is -2.21. The number of aromatic nitrogens is 2. The average molecular weight is 244 g/mol. The number of nitrogen functional groups attached to an aromatic ring is 1. The number of hydrogen-bond acceptors (Lipinski definition) is 4. The number of hydrogen-bond donors (Lipinski definition) is 3. The third-order valence-corrected chi connectivity index (χ3v) is 2.30. The molecule has 0 saturated heterocycles. The molecule has 0 aliphatic rings. The van der Waals surface area contributed by atoms with E-state index in [4.69, 9.17) is 5.73 Å². The fraction of sp³-hybridized carbons (Fsp3) is 0.0833. The molecule has 0 atom stereocenters. The number of carbonyl (C=O) groups excluding carboxylic acids is 1. The van der Waals surface area contributed by atoms with Crippen molar-refractivity contribution in [1.82, 2.24) is 9.97 Å². The molecule has 6 heteroatoms. The Kier molecular flexibility index (Phi) is 3.09. The van der Waals surface area contributed by atoms with Gasteiger partial charge < -0.3 is 16.0 Å². The molecule has 1 amide bonds. The SMILES string of the molecule is CC(=O)Nc1c(N)nc(-c2ccccc2)[nH]c1=O. The third kappa shape index (κ3) is 2.37. The maximum Gasteiger partial charge on any atom is 0.277 e. The molecule has 0 spiro atoms. The predicted octanol–water partition coefficient (Wildman–Crippen LogP) is 0.977. The van der Waals surface area contributed by atoms with Gasteiger partial charge in [0.05, 0.1) is 0 Å². The van der Waals surface area contributed by atoms with E-state index >= 15 is 0 Å². The van der Waals surface area contributed by atoms with Gasteiger partial charge in [0.15, 0.2) is 5.82 Å². The van der Waals surface area contributed by atoms with Crippen LogP contribution >= 0.6 is 0 Å². The molecule has 1 aromatic carbocycles. The van der Waals surface area contributed by atoms with Crippen LogP contribution < -0.4 is 16.6 Å². The van der Waals surface area contributed by atoms with Gasteiger partial charge in [0.1, 0.15) is 11.5 Å². The number of carbonyl (C=O) groups is 1. The number of amides is 1. The summed E-state index contributed by atoms with van der Waals surface area (Å²) in [6, 6.07) is 9.11. The molecule has 0 unspecified atom stereocenters. The van der Waals surface area contributed by atoms with E-state index in [1.54, 1.807) is 12.1 Å². The van der Waals surface area contributed by atoms with Crippen molar-refractivity contribution >= 4 is 17.4 Å². The fourth-order valence-corrected chi connectivity index (χ4v) is 1.52. The highest BCUT2D eigenvalue weighted by atomic mass is 16.2. The predicted molar refractivity (Wildman–Crippen MR) is 69.0 cm³/mol. The highest BCUT2D eigenvalue weighted by Crippen LogP contribution is 2.16. The summed E-state index contributed by atoms with van der Waals surface area (Å²) in [6.07, 6.45) is 0. The number of nitrogens with two attached hydrogens (primary N) is 1. The molecule has 0 saturated carbocycles. The molecule has 92 valence electrons. The fourth-order valence-electron chi connectivity index (χ4n) is 1.52. The molecule has 0 aliphatic carbocycles. The summed E-state index contributed by atoms with van der Waals surface area (Å²) < 4.78 is 0. The summed E-state index contributed by atoms with van der Waals surface area (Å²) >= 11 is 0. The Morgan fingerprint density at radius 1 is 1.33 bits per heavy atom. The van der Waals surface area contributed by atoms with Crippen molar-refractivity contribution in [2.45, 2.75) is 6.92 Å². The molecule has 0 aliphatic heterocycles. The Labute approximate surface area is 103 Å². The summed E-state index contributed by atoms with van der Waals surface area (Å²) in [5.41, 5.74) is 5.91. The van der Waals surface area contributed by atoms with Crippen molar-refractivity contribution in [3.8, 4) is 11.4 Å². The number of H-pyrrole nitrogens is 1. The lowest BCUT2D eigenvalue weighted by atomic mass is 10.2. The largest absolute Gasteiger partial charge is 0.382 e. The quantitative estimate of drug-likeness (QED) is 0.732. The first-order valence-electron chi connectivity index (χ1n) is 5.30. The molecule has 0 radical (unpaired) electrons. The number of benzene rings is 1. The first-order chi connectivity index (χ1) is 8.58. The smallest absolute Gasteiger partial charge is 0.277 e. The zero-order chi connectivity index (χ0) is 13.1. The van der Waals surface area contributed by atoms with Gasteiger partial charge in [0.25, 0.3) is 5.56 Å². The van der Waals surface area contributed by atoms with E-state index in [2.05, 4.69) is 15.3 Å². The average Bonchev–Trinajstić information content (AvgIpc) is 2.34. The van der Waals surface area contributed by atoms with E-state index in [1.165, 1.54) is 6.92 Å². The molecule has 0 fully saturated rings. The Balaban J connectivity index is 2.49. The molecule has 0 bridgehead atoms. The molecule has 2 rings (SSSR count). The summed E-state index contributed by atoms with van der Waals surface area (Å²) in [5.74, 6) is -0.0125. The van der Waals surface area contributed by atoms with Gasteiger partial charge in [-0.3, -0.25) is 9.59 Å². The second-order valence-corrected chi connectivity index (χ2v) is 3.72. The zero-order valence-electron chi connectivity index (χ0n) is 9.73. The maximum atomic E-state index is 11.8. The Morgan fingerprint density at radius 2 is 2.00 bits per heavy atom. The second kappa shape index (κ2) is 4.70. The Hall–Kier alpha value is -2.63. The normalized spacial score (nSPS) is 10.1. The van der Waals surface area contributed by atoms with Gasteiger partial charge in [-0.1, -0.05) is 30.3 Å². The number of nitrogens with zero attached hydrogens (tertiary/aromatic N) is 1. The monoisotopic (exact) mass is 244 g/mol. The standard InChI is InChI=1S/C12H12N4O2/c1-7(17)14-9-10(13)15-11(16-12(9)18)8-5-3-2-4-6-8/h2-6H,1H3,(H,14,17)(H3,13,15,16,18). The van der Waals surface area contributed by atoms with Crippen LogP contribution in [0.5, 0.6) is 0 Å². The Morgan fingerprint density at radius 3 is 2.56 bits per heavy atom. The number of rotatable bonds is 2. The van der Waals surface area contributed by atoms with Crippen molar-refractivity contribution in [1.29, 1.82) is 0 Å². The van der Waals surface area contributed by atoms with Crippen LogP contribution in [0, 0.1) is 0 Å². The first-order valence-corrected chi connectivity index (χ1v) is 5.30. The molecule has 1 aromatic heterocycles. The molecular formula is C12H12N4O2. The van der Waals surface area contributed by atoms with E-state index in [1.807, 2.05) is 18.2 Å². The maximum absolute atomic E-state index is 11.8. The minimum atomic E-state index is -0.475. The van der Waals surface area contributed by atoms with E-state index < -0.39 is 5.56 Å². The minimum absolute atomic E-state index is 0.00666. The van der Waals surface area contributed by atoms with Crippen molar-refractivity contribution in [2.75, 3.05) is 11.1 Å². The Bertz CT molecular complexity index is 634. The van der Waals surface area contributed by atoms with Crippen LogP contribution in [-0.4, -0.2) is 15.9 Å². The van der Waals surface area contributed by atoms with E-state index in [0.717, 1.165) is 5.56 Å². The van der Waals surface area contributed by atoms with Crippen LogP contribution in [0.15, 0.2) is 35.1 Å². The first kappa shape index (κ1) is 11.8. The van der Waals surface area contributed by atoms with Crippen molar-refractivity contribution in [3.05, 3.63) is 40.7 Å². The molecule has 2 aromatic rings. The van der Waals surface area contributed by atoms with Crippen LogP contribution in [0.2, 0.25) is 0 Å². The van der Waals surface area contributed by atoms with Crippen LogP contribution in [0.4, 0.5) is 11.5 Å².